The molecule has 25 heavy (non-hydrogen) atoms. The van der Waals surface area contributed by atoms with Gasteiger partial charge in [-0.3, -0.25) is 9.59 Å². The molecule has 1 radical (unpaired) electrons. The molecule has 0 rings (SSSR count). The van der Waals surface area contributed by atoms with Gasteiger partial charge in [-0.2, -0.15) is 0 Å². The van der Waals surface area contributed by atoms with Crippen molar-refractivity contribution in [2.24, 2.45) is 0 Å². The van der Waals surface area contributed by atoms with Crippen molar-refractivity contribution in [2.75, 3.05) is 13.6 Å². The van der Waals surface area contributed by atoms with Crippen LogP contribution in [0.5, 0.6) is 0 Å². The van der Waals surface area contributed by atoms with E-state index in [1.165, 1.54) is 75.5 Å². The minimum atomic E-state index is -0.851. The zero-order valence-corrected chi connectivity index (χ0v) is 19.0. The first-order valence-corrected chi connectivity index (χ1v) is 10.0. The van der Waals surface area contributed by atoms with Crippen LogP contribution in [-0.4, -0.2) is 65.0 Å². The van der Waals surface area contributed by atoms with Gasteiger partial charge in [-0.25, -0.2) is 0 Å². The number of unbranched alkanes of at least 4 members (excludes halogenated alkanes) is 12. The average molecular weight is 365 g/mol. The quantitative estimate of drug-likeness (QED) is 0.291. The molecule has 0 spiro atoms. The fraction of sp³-hybridized carbons (Fsp3) is 0.900. The smallest absolute Gasteiger partial charge is 0.305 e. The number of carbonyl (C=O) groups is 2. The predicted octanol–water partition coefficient (Wildman–Crippen LogP) is 5.02. The molecule has 1 amide bonds. The van der Waals surface area contributed by atoms with Crippen LogP contribution in [0.25, 0.3) is 0 Å². The number of amides is 1. The fourth-order valence-electron chi connectivity index (χ4n) is 2.87. The molecule has 0 aliphatic carbocycles. The number of carboxylic acid groups (broad SMARTS) is 1. The van der Waals surface area contributed by atoms with Crippen molar-refractivity contribution < 1.29 is 14.7 Å². The topological polar surface area (TPSA) is 57.6 Å². The molecule has 0 saturated heterocycles. The van der Waals surface area contributed by atoms with Crippen LogP contribution in [0.15, 0.2) is 0 Å². The Kier molecular flexibility index (Phi) is 22.0. The SMILES string of the molecule is CCCCCCCCCCCCCCCC(=O)N(C)CCC(=O)O.[Na]. The van der Waals surface area contributed by atoms with Gasteiger partial charge >= 0.3 is 5.97 Å². The van der Waals surface area contributed by atoms with E-state index < -0.39 is 5.97 Å². The molecule has 4 nitrogen and oxygen atoms in total. The van der Waals surface area contributed by atoms with Crippen LogP contribution in [0.1, 0.15) is 103 Å². The van der Waals surface area contributed by atoms with Gasteiger partial charge < -0.3 is 10.0 Å². The number of carboxylic acids is 1. The number of carbonyl (C=O) groups excluding carboxylic acids is 1. The van der Waals surface area contributed by atoms with E-state index in [-0.39, 0.29) is 41.9 Å². The minimum Gasteiger partial charge on any atom is -0.481 e. The van der Waals surface area contributed by atoms with Gasteiger partial charge in [0.15, 0.2) is 0 Å². The Balaban J connectivity index is 0. The van der Waals surface area contributed by atoms with Crippen LogP contribution in [0, 0.1) is 0 Å². The summed E-state index contributed by atoms with van der Waals surface area (Å²) in [5.74, 6) is -0.782. The normalized spacial score (nSPS) is 10.3. The third-order valence-electron chi connectivity index (χ3n) is 4.58. The number of rotatable bonds is 17. The predicted molar refractivity (Wildman–Crippen MR) is 106 cm³/mol. The van der Waals surface area contributed by atoms with Crippen molar-refractivity contribution in [3.8, 4) is 0 Å². The number of hydrogen-bond acceptors (Lipinski definition) is 2. The molecule has 0 aliphatic heterocycles. The summed E-state index contributed by atoms with van der Waals surface area (Å²) in [7, 11) is 1.69. The van der Waals surface area contributed by atoms with Gasteiger partial charge in [-0.1, -0.05) is 84.0 Å². The van der Waals surface area contributed by atoms with Gasteiger partial charge in [0.25, 0.3) is 0 Å². The largest absolute Gasteiger partial charge is 0.481 e. The van der Waals surface area contributed by atoms with E-state index in [1.54, 1.807) is 7.05 Å². The summed E-state index contributed by atoms with van der Waals surface area (Å²) in [5, 5.41) is 8.61. The second-order valence-electron chi connectivity index (χ2n) is 6.95. The third-order valence-corrected chi connectivity index (χ3v) is 4.58. The number of aliphatic carboxylic acids is 1. The molecule has 0 aromatic rings. The van der Waals surface area contributed by atoms with Crippen molar-refractivity contribution in [1.82, 2.24) is 4.90 Å². The van der Waals surface area contributed by atoms with Crippen LogP contribution in [-0.2, 0) is 9.59 Å². The standard InChI is InChI=1S/C20H39NO3.Na/c1-3-4-5-6-7-8-9-10-11-12-13-14-15-16-19(22)21(2)18-17-20(23)24;/h3-18H2,1-2H3,(H,23,24);. The first-order chi connectivity index (χ1) is 11.6. The zero-order valence-electron chi connectivity index (χ0n) is 17.0. The van der Waals surface area contributed by atoms with Gasteiger partial charge in [-0.15, -0.1) is 0 Å². The van der Waals surface area contributed by atoms with Crippen LogP contribution in [0.3, 0.4) is 0 Å². The molecule has 143 valence electrons. The second kappa shape index (κ2) is 20.3. The first-order valence-electron chi connectivity index (χ1n) is 10.0. The molecule has 0 atom stereocenters. The molecule has 0 saturated carbocycles. The Morgan fingerprint density at radius 1 is 0.720 bits per heavy atom. The summed E-state index contributed by atoms with van der Waals surface area (Å²) in [6.07, 6.45) is 17.5. The minimum absolute atomic E-state index is 0. The van der Waals surface area contributed by atoms with E-state index in [4.69, 9.17) is 5.11 Å². The third kappa shape index (κ3) is 20.1. The van der Waals surface area contributed by atoms with E-state index in [1.807, 2.05) is 0 Å². The maximum absolute atomic E-state index is 11.8. The van der Waals surface area contributed by atoms with Crippen LogP contribution >= 0.6 is 0 Å². The van der Waals surface area contributed by atoms with E-state index in [0.29, 0.717) is 13.0 Å². The molecule has 0 unspecified atom stereocenters. The van der Waals surface area contributed by atoms with Gasteiger partial charge in [0.2, 0.25) is 5.91 Å². The van der Waals surface area contributed by atoms with Crippen molar-refractivity contribution >= 4 is 41.4 Å². The summed E-state index contributed by atoms with van der Waals surface area (Å²) in [4.78, 5) is 23.8. The Morgan fingerprint density at radius 3 is 1.52 bits per heavy atom. The summed E-state index contributed by atoms with van der Waals surface area (Å²) in [6, 6.07) is 0. The Labute approximate surface area is 177 Å². The van der Waals surface area contributed by atoms with Crippen molar-refractivity contribution in [1.29, 1.82) is 0 Å². The Bertz CT molecular complexity index is 324. The maximum Gasteiger partial charge on any atom is 0.305 e. The molecule has 0 heterocycles. The van der Waals surface area contributed by atoms with Crippen LogP contribution < -0.4 is 0 Å². The molecular weight excluding hydrogens is 325 g/mol. The summed E-state index contributed by atoms with van der Waals surface area (Å²) in [5.41, 5.74) is 0. The molecule has 0 fully saturated rings. The van der Waals surface area contributed by atoms with Crippen molar-refractivity contribution in [2.45, 2.75) is 103 Å². The maximum atomic E-state index is 11.8. The fourth-order valence-corrected chi connectivity index (χ4v) is 2.87. The summed E-state index contributed by atoms with van der Waals surface area (Å²) >= 11 is 0. The molecule has 0 bridgehead atoms. The monoisotopic (exact) mass is 364 g/mol. The molecule has 0 aliphatic rings. The van der Waals surface area contributed by atoms with Crippen LogP contribution in [0.2, 0.25) is 0 Å². The van der Waals surface area contributed by atoms with E-state index in [9.17, 15) is 9.59 Å². The van der Waals surface area contributed by atoms with E-state index in [0.717, 1.165) is 12.8 Å². The molecule has 1 N–H and O–H groups in total. The second-order valence-corrected chi connectivity index (χ2v) is 6.95. The summed E-state index contributed by atoms with van der Waals surface area (Å²) in [6.45, 7) is 2.57. The van der Waals surface area contributed by atoms with E-state index >= 15 is 0 Å². The van der Waals surface area contributed by atoms with Gasteiger partial charge in [0, 0.05) is 49.6 Å². The van der Waals surface area contributed by atoms with E-state index in [2.05, 4.69) is 6.92 Å². The number of nitrogens with zero attached hydrogens (tertiary/aromatic N) is 1. The van der Waals surface area contributed by atoms with Crippen molar-refractivity contribution in [3.63, 3.8) is 0 Å². The molecular formula is C20H39NNaO3. The van der Waals surface area contributed by atoms with Gasteiger partial charge in [0.05, 0.1) is 6.42 Å². The number of hydrogen-bond donors (Lipinski definition) is 1. The van der Waals surface area contributed by atoms with Gasteiger partial charge in [-0.05, 0) is 6.42 Å². The van der Waals surface area contributed by atoms with Crippen molar-refractivity contribution in [3.05, 3.63) is 0 Å². The van der Waals surface area contributed by atoms with Crippen LogP contribution in [0.4, 0.5) is 0 Å². The molecule has 5 heteroatoms. The zero-order chi connectivity index (χ0) is 18.0. The first kappa shape index (κ1) is 27.2. The molecule has 0 aromatic heterocycles. The van der Waals surface area contributed by atoms with Gasteiger partial charge in [0.1, 0.15) is 0 Å². The molecule has 0 aromatic carbocycles. The average Bonchev–Trinajstić information content (AvgIpc) is 2.56. The Hall–Kier alpha value is -0.0600. The summed E-state index contributed by atoms with van der Waals surface area (Å²) < 4.78 is 0. The Morgan fingerprint density at radius 2 is 1.12 bits per heavy atom.